The lowest BCUT2D eigenvalue weighted by Gasteiger charge is -2.36. The van der Waals surface area contributed by atoms with Crippen LogP contribution in [0.15, 0.2) is 24.7 Å². The number of ether oxygens (including phenoxy) is 2. The van der Waals surface area contributed by atoms with E-state index in [1.54, 1.807) is 0 Å². The number of alkyl carbamates (subject to hydrolysis) is 1. The standard InChI is InChI=1S/C23H32ClN5O3/c1-23(2,3)32-22(30)27-17-5-4-8-28(15-17)20-11-21(24)25-13-19(20)16-12-26-29(14-16)18-6-9-31-10-7-18/h11-14,17-18H,4-10,15H2,1-3H3,(H,27,30)/t17-/m0/s1. The molecular weight excluding hydrogens is 430 g/mol. The van der Waals surface area contributed by atoms with Crippen molar-refractivity contribution in [2.75, 3.05) is 31.2 Å². The molecule has 0 aromatic carbocycles. The molecule has 0 saturated carbocycles. The van der Waals surface area contributed by atoms with Crippen LogP contribution in [0.2, 0.25) is 5.15 Å². The number of amides is 1. The van der Waals surface area contributed by atoms with Gasteiger partial charge in [0, 0.05) is 61.6 Å². The summed E-state index contributed by atoms with van der Waals surface area (Å²) in [7, 11) is 0. The molecule has 0 spiro atoms. The number of hydrogen-bond acceptors (Lipinski definition) is 6. The number of pyridine rings is 1. The molecule has 4 heterocycles. The predicted molar refractivity (Wildman–Crippen MR) is 124 cm³/mol. The average molecular weight is 462 g/mol. The summed E-state index contributed by atoms with van der Waals surface area (Å²) >= 11 is 6.28. The first-order valence-electron chi connectivity index (χ1n) is 11.3. The van der Waals surface area contributed by atoms with Crippen molar-refractivity contribution in [3.8, 4) is 11.1 Å². The fourth-order valence-corrected chi connectivity index (χ4v) is 4.47. The van der Waals surface area contributed by atoms with E-state index in [1.165, 1.54) is 0 Å². The highest BCUT2D eigenvalue weighted by atomic mass is 35.5. The van der Waals surface area contributed by atoms with Gasteiger partial charge in [0.25, 0.3) is 0 Å². The van der Waals surface area contributed by atoms with Gasteiger partial charge >= 0.3 is 6.09 Å². The van der Waals surface area contributed by atoms with Crippen LogP contribution in [0.5, 0.6) is 0 Å². The summed E-state index contributed by atoms with van der Waals surface area (Å²) in [4.78, 5) is 18.9. The van der Waals surface area contributed by atoms with Crippen LogP contribution in [0.25, 0.3) is 11.1 Å². The fraction of sp³-hybridized carbons (Fsp3) is 0.609. The zero-order chi connectivity index (χ0) is 22.7. The van der Waals surface area contributed by atoms with Crippen LogP contribution in [0.3, 0.4) is 0 Å². The molecule has 174 valence electrons. The molecule has 0 aliphatic carbocycles. The molecule has 0 unspecified atom stereocenters. The van der Waals surface area contributed by atoms with Gasteiger partial charge in [-0.25, -0.2) is 9.78 Å². The highest BCUT2D eigenvalue weighted by Crippen LogP contribution is 2.34. The van der Waals surface area contributed by atoms with Crippen molar-refractivity contribution in [3.63, 3.8) is 0 Å². The number of rotatable bonds is 4. The van der Waals surface area contributed by atoms with Crippen LogP contribution in [-0.4, -0.2) is 58.8 Å². The Morgan fingerprint density at radius 2 is 2.03 bits per heavy atom. The zero-order valence-electron chi connectivity index (χ0n) is 19.0. The van der Waals surface area contributed by atoms with Gasteiger partial charge in [0.05, 0.1) is 12.2 Å². The minimum absolute atomic E-state index is 0.00310. The van der Waals surface area contributed by atoms with Gasteiger partial charge in [-0.2, -0.15) is 5.10 Å². The summed E-state index contributed by atoms with van der Waals surface area (Å²) in [6.45, 7) is 8.71. The van der Waals surface area contributed by atoms with Crippen molar-refractivity contribution >= 4 is 23.4 Å². The Kier molecular flexibility index (Phi) is 6.90. The predicted octanol–water partition coefficient (Wildman–Crippen LogP) is 4.44. The zero-order valence-corrected chi connectivity index (χ0v) is 19.8. The van der Waals surface area contributed by atoms with E-state index in [9.17, 15) is 4.79 Å². The van der Waals surface area contributed by atoms with Crippen molar-refractivity contribution < 1.29 is 14.3 Å². The molecule has 2 aromatic rings. The Labute approximate surface area is 194 Å². The number of anilines is 1. The summed E-state index contributed by atoms with van der Waals surface area (Å²) < 4.78 is 13.0. The van der Waals surface area contributed by atoms with Gasteiger partial charge in [-0.05, 0) is 52.5 Å². The van der Waals surface area contributed by atoms with Crippen molar-refractivity contribution in [1.29, 1.82) is 0 Å². The number of halogens is 1. The van der Waals surface area contributed by atoms with Crippen molar-refractivity contribution in [2.45, 2.75) is 64.1 Å². The largest absolute Gasteiger partial charge is 0.444 e. The topological polar surface area (TPSA) is 81.5 Å². The van der Waals surface area contributed by atoms with Crippen LogP contribution >= 0.6 is 11.6 Å². The second-order valence-corrected chi connectivity index (χ2v) is 9.90. The molecule has 1 N–H and O–H groups in total. The van der Waals surface area contributed by atoms with E-state index in [0.717, 1.165) is 62.3 Å². The second kappa shape index (κ2) is 9.67. The molecule has 1 atom stereocenters. The van der Waals surface area contributed by atoms with E-state index in [2.05, 4.69) is 26.5 Å². The van der Waals surface area contributed by atoms with E-state index < -0.39 is 5.60 Å². The molecule has 2 saturated heterocycles. The number of nitrogens with zero attached hydrogens (tertiary/aromatic N) is 4. The number of carbonyl (C=O) groups is 1. The van der Waals surface area contributed by atoms with Gasteiger partial charge in [-0.15, -0.1) is 0 Å². The Bertz CT molecular complexity index is 936. The molecule has 0 radical (unpaired) electrons. The van der Waals surface area contributed by atoms with E-state index in [4.69, 9.17) is 21.1 Å². The Morgan fingerprint density at radius 3 is 2.78 bits per heavy atom. The molecule has 0 bridgehead atoms. The molecule has 8 nitrogen and oxygen atoms in total. The fourth-order valence-electron chi connectivity index (χ4n) is 4.32. The average Bonchev–Trinajstić information content (AvgIpc) is 3.23. The lowest BCUT2D eigenvalue weighted by atomic mass is 10.0. The minimum Gasteiger partial charge on any atom is -0.444 e. The second-order valence-electron chi connectivity index (χ2n) is 9.51. The van der Waals surface area contributed by atoms with Gasteiger partial charge in [0.15, 0.2) is 0 Å². The molecule has 2 aromatic heterocycles. The summed E-state index contributed by atoms with van der Waals surface area (Å²) in [6, 6.07) is 2.26. The first-order chi connectivity index (χ1) is 15.3. The summed E-state index contributed by atoms with van der Waals surface area (Å²) in [5, 5.41) is 8.08. The lowest BCUT2D eigenvalue weighted by Crippen LogP contribution is -2.49. The number of nitrogens with one attached hydrogen (secondary N) is 1. The van der Waals surface area contributed by atoms with Gasteiger partial charge in [0.1, 0.15) is 10.8 Å². The Balaban J connectivity index is 1.52. The smallest absolute Gasteiger partial charge is 0.407 e. The summed E-state index contributed by atoms with van der Waals surface area (Å²) in [5.41, 5.74) is 2.49. The number of piperidine rings is 1. The van der Waals surface area contributed by atoms with Crippen LogP contribution in [-0.2, 0) is 9.47 Å². The molecule has 1 amide bonds. The molecule has 4 rings (SSSR count). The first-order valence-corrected chi connectivity index (χ1v) is 11.7. The van der Waals surface area contributed by atoms with Crippen molar-refractivity contribution in [3.05, 3.63) is 29.8 Å². The monoisotopic (exact) mass is 461 g/mol. The maximum Gasteiger partial charge on any atom is 0.407 e. The van der Waals surface area contributed by atoms with E-state index in [-0.39, 0.29) is 12.1 Å². The van der Waals surface area contributed by atoms with Crippen molar-refractivity contribution in [1.82, 2.24) is 20.1 Å². The summed E-state index contributed by atoms with van der Waals surface area (Å²) in [5.74, 6) is 0. The first kappa shape index (κ1) is 22.9. The van der Waals surface area contributed by atoms with Crippen LogP contribution in [0.1, 0.15) is 52.5 Å². The van der Waals surface area contributed by atoms with Crippen LogP contribution in [0, 0.1) is 0 Å². The third kappa shape index (κ3) is 5.72. The molecule has 2 aliphatic heterocycles. The number of carbonyl (C=O) groups excluding carboxylic acids is 1. The van der Waals surface area contributed by atoms with Gasteiger partial charge in [0.2, 0.25) is 0 Å². The highest BCUT2D eigenvalue weighted by molar-refractivity contribution is 6.29. The third-order valence-corrected chi connectivity index (χ3v) is 6.02. The number of hydrogen-bond donors (Lipinski definition) is 1. The number of aromatic nitrogens is 3. The minimum atomic E-state index is -0.519. The molecule has 32 heavy (non-hydrogen) atoms. The molecular formula is C23H32ClN5O3. The van der Waals surface area contributed by atoms with Crippen molar-refractivity contribution in [2.24, 2.45) is 0 Å². The Morgan fingerprint density at radius 1 is 1.25 bits per heavy atom. The van der Waals surface area contributed by atoms with E-state index in [1.807, 2.05) is 43.9 Å². The van der Waals surface area contributed by atoms with Crippen LogP contribution in [0.4, 0.5) is 10.5 Å². The molecule has 9 heteroatoms. The van der Waals surface area contributed by atoms with Gasteiger partial charge < -0.3 is 19.7 Å². The molecule has 2 fully saturated rings. The lowest BCUT2D eigenvalue weighted by molar-refractivity contribution is 0.0500. The maximum absolute atomic E-state index is 12.3. The van der Waals surface area contributed by atoms with E-state index in [0.29, 0.717) is 17.7 Å². The Hall–Kier alpha value is -2.32. The summed E-state index contributed by atoms with van der Waals surface area (Å²) in [6.07, 6.45) is 9.22. The van der Waals surface area contributed by atoms with E-state index >= 15 is 0 Å². The third-order valence-electron chi connectivity index (χ3n) is 5.81. The highest BCUT2D eigenvalue weighted by Gasteiger charge is 2.26. The van der Waals surface area contributed by atoms with Gasteiger partial charge in [-0.3, -0.25) is 4.68 Å². The molecule has 2 aliphatic rings. The van der Waals surface area contributed by atoms with Gasteiger partial charge in [-0.1, -0.05) is 11.6 Å². The van der Waals surface area contributed by atoms with Crippen LogP contribution < -0.4 is 10.2 Å². The normalized spacial score (nSPS) is 20.2. The SMILES string of the molecule is CC(C)(C)OC(=O)N[C@H]1CCCN(c2cc(Cl)ncc2-c2cnn(C3CCOCC3)c2)C1. The quantitative estimate of drug-likeness (QED) is 0.677. The maximum atomic E-state index is 12.3.